The Morgan fingerprint density at radius 3 is 2.61 bits per heavy atom. The molecule has 5 nitrogen and oxygen atoms in total. The number of nitrogens with zero attached hydrogens (tertiary/aromatic N) is 3. The Labute approximate surface area is 185 Å². The molecule has 2 saturated carbocycles. The van der Waals surface area contributed by atoms with Gasteiger partial charge in [-0.1, -0.05) is 25.3 Å². The summed E-state index contributed by atoms with van der Waals surface area (Å²) in [6.07, 6.45) is 13.1. The van der Waals surface area contributed by atoms with Crippen LogP contribution < -0.4 is 5.56 Å². The molecule has 0 N–H and O–H groups in total. The number of rotatable bonds is 3. The smallest absolute Gasteiger partial charge is 0.255 e. The SMILES string of the molecule is O=c1c(CN2C[C@@H]3C[C@H]2CO3)ccc2n1C[C@H]1C[C@@H]2CN(C2CC3(CCCCC3)C2)C1. The number of hydrogen-bond acceptors (Lipinski definition) is 4. The normalized spacial score (nSPS) is 37.2. The minimum atomic E-state index is 0.286. The van der Waals surface area contributed by atoms with Crippen molar-refractivity contribution in [3.63, 3.8) is 0 Å². The van der Waals surface area contributed by atoms with Gasteiger partial charge in [0.25, 0.3) is 5.56 Å². The van der Waals surface area contributed by atoms with Crippen molar-refractivity contribution in [3.05, 3.63) is 33.7 Å². The molecule has 4 aliphatic heterocycles. The molecule has 31 heavy (non-hydrogen) atoms. The second-order valence-electron chi connectivity index (χ2n) is 11.8. The van der Waals surface area contributed by atoms with E-state index >= 15 is 0 Å². The van der Waals surface area contributed by atoms with Crippen LogP contribution in [0.2, 0.25) is 0 Å². The molecule has 0 unspecified atom stereocenters. The molecule has 5 heterocycles. The van der Waals surface area contributed by atoms with E-state index in [1.807, 2.05) is 0 Å². The topological polar surface area (TPSA) is 37.7 Å². The van der Waals surface area contributed by atoms with E-state index in [9.17, 15) is 4.79 Å². The number of pyridine rings is 1. The highest BCUT2D eigenvalue weighted by Crippen LogP contribution is 2.54. The average Bonchev–Trinajstić information content (AvgIpc) is 3.38. The second kappa shape index (κ2) is 7.16. The van der Waals surface area contributed by atoms with Crippen LogP contribution in [0.4, 0.5) is 0 Å². The molecule has 5 fully saturated rings. The van der Waals surface area contributed by atoms with Crippen molar-refractivity contribution in [3.8, 4) is 0 Å². The van der Waals surface area contributed by atoms with Crippen LogP contribution in [0.3, 0.4) is 0 Å². The highest BCUT2D eigenvalue weighted by Gasteiger charge is 2.48. The summed E-state index contributed by atoms with van der Waals surface area (Å²) >= 11 is 0. The fraction of sp³-hybridized carbons (Fsp3) is 0.808. The fourth-order valence-electron chi connectivity index (χ4n) is 8.25. The van der Waals surface area contributed by atoms with E-state index < -0.39 is 0 Å². The van der Waals surface area contributed by atoms with Crippen molar-refractivity contribution < 1.29 is 4.74 Å². The minimum Gasteiger partial charge on any atom is -0.375 e. The third kappa shape index (κ3) is 3.18. The van der Waals surface area contributed by atoms with E-state index in [4.69, 9.17) is 4.74 Å². The maximum Gasteiger partial charge on any atom is 0.255 e. The van der Waals surface area contributed by atoms with Gasteiger partial charge in [-0.3, -0.25) is 14.6 Å². The zero-order valence-corrected chi connectivity index (χ0v) is 18.8. The molecule has 7 rings (SSSR count). The Kier molecular flexibility index (Phi) is 4.46. The van der Waals surface area contributed by atoms with Gasteiger partial charge in [-0.25, -0.2) is 0 Å². The summed E-state index contributed by atoms with van der Waals surface area (Å²) in [4.78, 5) is 18.7. The van der Waals surface area contributed by atoms with Crippen molar-refractivity contribution in [1.82, 2.24) is 14.4 Å². The number of likely N-dealkylation sites (tertiary alicyclic amines) is 2. The molecular weight excluding hydrogens is 386 g/mol. The molecule has 6 aliphatic rings. The lowest BCUT2D eigenvalue weighted by molar-refractivity contribution is -0.0488. The van der Waals surface area contributed by atoms with Crippen molar-refractivity contribution in [1.29, 1.82) is 0 Å². The molecule has 2 aliphatic carbocycles. The van der Waals surface area contributed by atoms with Gasteiger partial charge in [-0.15, -0.1) is 0 Å². The van der Waals surface area contributed by atoms with Crippen molar-refractivity contribution >= 4 is 0 Å². The maximum absolute atomic E-state index is 13.4. The molecule has 168 valence electrons. The van der Waals surface area contributed by atoms with Crippen molar-refractivity contribution in [2.45, 2.75) is 95.0 Å². The van der Waals surface area contributed by atoms with Gasteiger partial charge in [0.05, 0.1) is 12.7 Å². The first-order valence-corrected chi connectivity index (χ1v) is 13.0. The van der Waals surface area contributed by atoms with Crippen molar-refractivity contribution in [2.75, 3.05) is 26.2 Å². The van der Waals surface area contributed by atoms with Crippen molar-refractivity contribution in [2.24, 2.45) is 11.3 Å². The van der Waals surface area contributed by atoms with E-state index in [1.54, 1.807) is 0 Å². The zero-order chi connectivity index (χ0) is 20.6. The number of hydrogen-bond donors (Lipinski definition) is 0. The van der Waals surface area contributed by atoms with Crippen LogP contribution in [0.15, 0.2) is 16.9 Å². The van der Waals surface area contributed by atoms with Crippen LogP contribution >= 0.6 is 0 Å². The van der Waals surface area contributed by atoms with Crippen LogP contribution in [0.5, 0.6) is 0 Å². The summed E-state index contributed by atoms with van der Waals surface area (Å²) in [5, 5.41) is 0. The second-order valence-corrected chi connectivity index (χ2v) is 11.8. The van der Waals surface area contributed by atoms with Gasteiger partial charge in [0.1, 0.15) is 0 Å². The first-order valence-electron chi connectivity index (χ1n) is 13.0. The molecule has 3 saturated heterocycles. The largest absolute Gasteiger partial charge is 0.375 e. The monoisotopic (exact) mass is 423 g/mol. The van der Waals surface area contributed by atoms with E-state index in [2.05, 4.69) is 26.5 Å². The lowest BCUT2D eigenvalue weighted by atomic mass is 9.57. The van der Waals surface area contributed by atoms with E-state index in [-0.39, 0.29) is 5.56 Å². The lowest BCUT2D eigenvalue weighted by Crippen LogP contribution is -2.57. The third-order valence-electron chi connectivity index (χ3n) is 9.87. The number of fused-ring (bicyclic) bond motifs is 6. The van der Waals surface area contributed by atoms with Crippen LogP contribution in [0.1, 0.15) is 75.0 Å². The highest BCUT2D eigenvalue weighted by molar-refractivity contribution is 5.23. The number of morpholine rings is 1. The molecule has 1 aromatic rings. The van der Waals surface area contributed by atoms with Crippen LogP contribution in [-0.4, -0.2) is 58.8 Å². The minimum absolute atomic E-state index is 0.286. The fourth-order valence-corrected chi connectivity index (χ4v) is 8.25. The predicted octanol–water partition coefficient (Wildman–Crippen LogP) is 3.35. The standard InChI is InChI=1S/C26H37N3O2/c30-25-19(14-28-16-23-9-21(28)17-31-23)4-5-24-20-8-18(13-29(24)25)12-27(15-20)22-10-26(11-22)6-2-1-3-7-26/h4-5,18,20-23H,1-3,6-17H2/t18-,20+,21-,23-/m0/s1. The quantitative estimate of drug-likeness (QED) is 0.747. The molecule has 0 amide bonds. The van der Waals surface area contributed by atoms with Crippen LogP contribution in [0, 0.1) is 11.3 Å². The first-order chi connectivity index (χ1) is 15.2. The van der Waals surface area contributed by atoms with Gasteiger partial charge in [0, 0.05) is 62.0 Å². The molecule has 0 radical (unpaired) electrons. The first kappa shape index (κ1) is 19.3. The third-order valence-corrected chi connectivity index (χ3v) is 9.87. The summed E-state index contributed by atoms with van der Waals surface area (Å²) in [6, 6.07) is 5.79. The summed E-state index contributed by atoms with van der Waals surface area (Å²) < 4.78 is 7.91. The summed E-state index contributed by atoms with van der Waals surface area (Å²) in [6.45, 7) is 5.95. The Morgan fingerprint density at radius 1 is 0.968 bits per heavy atom. The van der Waals surface area contributed by atoms with E-state index in [1.165, 1.54) is 70.2 Å². The van der Waals surface area contributed by atoms with Gasteiger partial charge in [-0.05, 0) is 55.9 Å². The summed E-state index contributed by atoms with van der Waals surface area (Å²) in [7, 11) is 0. The van der Waals surface area contributed by atoms with Gasteiger partial charge in [-0.2, -0.15) is 0 Å². The van der Waals surface area contributed by atoms with Gasteiger partial charge in [0.15, 0.2) is 0 Å². The molecule has 5 heteroatoms. The van der Waals surface area contributed by atoms with Crippen LogP contribution in [-0.2, 0) is 17.8 Å². The average molecular weight is 424 g/mol. The van der Waals surface area contributed by atoms with E-state index in [0.29, 0.717) is 29.4 Å². The van der Waals surface area contributed by atoms with E-state index in [0.717, 1.165) is 44.3 Å². The Morgan fingerprint density at radius 2 is 1.84 bits per heavy atom. The number of ether oxygens (including phenoxy) is 1. The van der Waals surface area contributed by atoms with Crippen LogP contribution in [0.25, 0.3) is 0 Å². The lowest BCUT2D eigenvalue weighted by Gasteiger charge is -2.56. The van der Waals surface area contributed by atoms with Gasteiger partial charge in [0.2, 0.25) is 0 Å². The molecule has 1 aromatic heterocycles. The maximum atomic E-state index is 13.4. The molecule has 1 spiro atoms. The number of aromatic nitrogens is 1. The molecule has 0 aromatic carbocycles. The highest BCUT2D eigenvalue weighted by atomic mass is 16.5. The Hall–Kier alpha value is -1.17. The Bertz CT molecular complexity index is 912. The molecule has 4 bridgehead atoms. The van der Waals surface area contributed by atoms with Gasteiger partial charge >= 0.3 is 0 Å². The summed E-state index contributed by atoms with van der Waals surface area (Å²) in [5.74, 6) is 1.20. The predicted molar refractivity (Wildman–Crippen MR) is 120 cm³/mol. The zero-order valence-electron chi connectivity index (χ0n) is 18.8. The Balaban J connectivity index is 1.07. The van der Waals surface area contributed by atoms with Gasteiger partial charge < -0.3 is 9.30 Å². The molecule has 4 atom stereocenters. The molecular formula is C26H37N3O2. The summed E-state index contributed by atoms with van der Waals surface area (Å²) in [5.41, 5.74) is 3.30. The number of piperidine rings is 1.